The monoisotopic (exact) mass is 351 g/mol. The molecule has 1 atom stereocenters. The molecule has 0 amide bonds. The summed E-state index contributed by atoms with van der Waals surface area (Å²) in [7, 11) is 0. The van der Waals surface area contributed by atoms with E-state index in [-0.39, 0.29) is 5.97 Å². The van der Waals surface area contributed by atoms with Gasteiger partial charge in [0.15, 0.2) is 0 Å². The zero-order valence-corrected chi connectivity index (χ0v) is 15.0. The van der Waals surface area contributed by atoms with Crippen molar-refractivity contribution in [2.45, 2.75) is 88.9 Å². The van der Waals surface area contributed by atoms with E-state index in [0.717, 1.165) is 12.8 Å². The molecule has 0 aromatic rings. The normalized spacial score (nSPS) is 12.3. The van der Waals surface area contributed by atoms with Crippen LogP contribution in [-0.2, 0) is 9.53 Å². The van der Waals surface area contributed by atoms with Gasteiger partial charge in [0, 0.05) is 0 Å². The van der Waals surface area contributed by atoms with Gasteiger partial charge in [0.25, 0.3) is 0 Å². The van der Waals surface area contributed by atoms with Crippen molar-refractivity contribution in [2.24, 2.45) is 5.73 Å². The molecule has 2 N–H and O–H groups in total. The third kappa shape index (κ3) is 13.0. The van der Waals surface area contributed by atoms with Crippen LogP contribution in [0.25, 0.3) is 0 Å². The van der Waals surface area contributed by atoms with Crippen LogP contribution in [-0.4, -0.2) is 34.6 Å². The van der Waals surface area contributed by atoms with Crippen LogP contribution in [0, 0.1) is 0 Å². The fourth-order valence-electron chi connectivity index (χ4n) is 2.12. The second-order valence-electron chi connectivity index (χ2n) is 5.49. The molecule has 0 heterocycles. The van der Waals surface area contributed by atoms with Crippen molar-refractivity contribution >= 4 is 22.0 Å². The Morgan fingerprint density at radius 1 is 0.950 bits per heavy atom. The van der Waals surface area contributed by atoms with Gasteiger partial charge in [0.05, 0.1) is 0 Å². The Kier molecular flexibility index (Phi) is 15.3. The zero-order valence-electron chi connectivity index (χ0n) is 13.1. The summed E-state index contributed by atoms with van der Waals surface area (Å²) in [6.45, 7) is 2.78. The van der Waals surface area contributed by atoms with Crippen molar-refractivity contribution in [3.63, 3.8) is 0 Å². The van der Waals surface area contributed by atoms with Crippen LogP contribution in [0.1, 0.15) is 77.6 Å². The molecule has 0 saturated heterocycles. The molecule has 120 valence electrons. The van der Waals surface area contributed by atoms with Crippen LogP contribution in [0.2, 0.25) is 5.32 Å². The maximum atomic E-state index is 11.3. The molecule has 0 fully saturated rings. The SMILES string of the molecule is CCCCCCCCCCCCCOC(=O)C(N)C[SeH]. The third-order valence-corrected chi connectivity index (χ3v) is 4.32. The van der Waals surface area contributed by atoms with E-state index in [4.69, 9.17) is 10.5 Å². The van der Waals surface area contributed by atoms with Gasteiger partial charge in [-0.15, -0.1) is 0 Å². The molecule has 0 radical (unpaired) electrons. The van der Waals surface area contributed by atoms with E-state index in [1.54, 1.807) is 0 Å². The summed E-state index contributed by atoms with van der Waals surface area (Å²) in [5, 5.41) is 0.587. The van der Waals surface area contributed by atoms with E-state index in [2.05, 4.69) is 22.9 Å². The van der Waals surface area contributed by atoms with E-state index in [1.165, 1.54) is 57.8 Å². The molecular weight excluding hydrogens is 317 g/mol. The van der Waals surface area contributed by atoms with Crippen LogP contribution in [0.4, 0.5) is 0 Å². The maximum absolute atomic E-state index is 11.3. The summed E-state index contributed by atoms with van der Waals surface area (Å²) in [5.41, 5.74) is 5.57. The first-order valence-electron chi connectivity index (χ1n) is 8.25. The Morgan fingerprint density at radius 3 is 1.85 bits per heavy atom. The first kappa shape index (κ1) is 19.9. The molecule has 4 heteroatoms. The van der Waals surface area contributed by atoms with Gasteiger partial charge in [-0.3, -0.25) is 0 Å². The van der Waals surface area contributed by atoms with Gasteiger partial charge < -0.3 is 0 Å². The summed E-state index contributed by atoms with van der Waals surface area (Å²) < 4.78 is 5.10. The van der Waals surface area contributed by atoms with Crippen molar-refractivity contribution < 1.29 is 9.53 Å². The predicted octanol–water partition coefficient (Wildman–Crippen LogP) is 3.49. The molecule has 0 aliphatic rings. The Balaban J connectivity index is 3.11. The van der Waals surface area contributed by atoms with E-state index in [0.29, 0.717) is 11.9 Å². The fraction of sp³-hybridized carbons (Fsp3) is 0.938. The topological polar surface area (TPSA) is 52.3 Å². The Morgan fingerprint density at radius 2 is 1.40 bits per heavy atom. The summed E-state index contributed by atoms with van der Waals surface area (Å²) in [6.07, 6.45) is 14.3. The van der Waals surface area contributed by atoms with Crippen LogP contribution in [0.3, 0.4) is 0 Å². The van der Waals surface area contributed by atoms with E-state index >= 15 is 0 Å². The number of hydrogen-bond donors (Lipinski definition) is 1. The fourth-order valence-corrected chi connectivity index (χ4v) is 2.43. The standard InChI is InChI=1S/C16H33NO2Se/c1-2-3-4-5-6-7-8-9-10-11-12-13-19-16(18)15(17)14-20/h15,20H,2-14,17H2,1H3. The number of hydrogen-bond acceptors (Lipinski definition) is 3. The van der Waals surface area contributed by atoms with Gasteiger partial charge in [-0.25, -0.2) is 0 Å². The number of esters is 1. The summed E-state index contributed by atoms with van der Waals surface area (Å²) in [5.74, 6) is -0.266. The average Bonchev–Trinajstić information content (AvgIpc) is 2.47. The molecule has 20 heavy (non-hydrogen) atoms. The first-order chi connectivity index (χ1) is 9.72. The van der Waals surface area contributed by atoms with Gasteiger partial charge in [0.2, 0.25) is 0 Å². The van der Waals surface area contributed by atoms with Gasteiger partial charge >= 0.3 is 100 Å². The van der Waals surface area contributed by atoms with Crippen LogP contribution >= 0.6 is 0 Å². The second-order valence-corrected chi connectivity index (χ2v) is 6.26. The van der Waals surface area contributed by atoms with Crippen LogP contribution in [0.5, 0.6) is 0 Å². The number of carbonyl (C=O) groups excluding carboxylic acids is 1. The van der Waals surface area contributed by atoms with Gasteiger partial charge in [-0.05, 0) is 0 Å². The van der Waals surface area contributed by atoms with E-state index in [1.807, 2.05) is 0 Å². The molecule has 0 saturated carbocycles. The summed E-state index contributed by atoms with van der Waals surface area (Å²) in [4.78, 5) is 11.3. The number of unbranched alkanes of at least 4 members (excludes halogenated alkanes) is 10. The molecular formula is C16H33NO2Se. The van der Waals surface area contributed by atoms with Crippen molar-refractivity contribution in [2.75, 3.05) is 6.61 Å². The van der Waals surface area contributed by atoms with E-state index < -0.39 is 6.04 Å². The Bertz CT molecular complexity index is 225. The van der Waals surface area contributed by atoms with Gasteiger partial charge in [-0.2, -0.15) is 0 Å². The van der Waals surface area contributed by atoms with Crippen molar-refractivity contribution in [1.82, 2.24) is 0 Å². The third-order valence-electron chi connectivity index (χ3n) is 3.49. The van der Waals surface area contributed by atoms with Gasteiger partial charge in [-0.1, -0.05) is 32.6 Å². The second kappa shape index (κ2) is 15.3. The quantitative estimate of drug-likeness (QED) is 0.296. The number of nitrogens with two attached hydrogens (primary N) is 1. The van der Waals surface area contributed by atoms with Crippen molar-refractivity contribution in [3.05, 3.63) is 0 Å². The predicted molar refractivity (Wildman–Crippen MR) is 87.4 cm³/mol. The van der Waals surface area contributed by atoms with Gasteiger partial charge in [0.1, 0.15) is 0 Å². The number of rotatable bonds is 14. The first-order valence-corrected chi connectivity index (χ1v) is 9.58. The summed E-state index contributed by atoms with van der Waals surface area (Å²) >= 11 is 2.32. The molecule has 3 nitrogen and oxygen atoms in total. The average molecular weight is 350 g/mol. The van der Waals surface area contributed by atoms with E-state index in [9.17, 15) is 4.79 Å². The zero-order chi connectivity index (χ0) is 15.1. The minimum absolute atomic E-state index is 0.266. The number of ether oxygens (including phenoxy) is 1. The molecule has 0 aliphatic heterocycles. The molecule has 0 aromatic carbocycles. The Labute approximate surface area is 133 Å². The minimum atomic E-state index is -0.470. The molecule has 0 spiro atoms. The van der Waals surface area contributed by atoms with Crippen LogP contribution < -0.4 is 5.73 Å². The summed E-state index contributed by atoms with van der Waals surface area (Å²) in [6, 6.07) is -0.470. The van der Waals surface area contributed by atoms with Crippen molar-refractivity contribution in [1.29, 1.82) is 0 Å². The molecule has 1 unspecified atom stereocenters. The molecule has 0 rings (SSSR count). The molecule has 0 aromatic heterocycles. The van der Waals surface area contributed by atoms with Crippen LogP contribution in [0.15, 0.2) is 0 Å². The number of carbonyl (C=O) groups is 1. The Hall–Kier alpha value is -0.0505. The van der Waals surface area contributed by atoms with Crippen molar-refractivity contribution in [3.8, 4) is 0 Å². The molecule has 0 aliphatic carbocycles. The molecule has 0 bridgehead atoms.